The van der Waals surface area contributed by atoms with Crippen LogP contribution < -0.4 is 5.73 Å². The third-order valence-electron chi connectivity index (χ3n) is 4.13. The number of nitrogens with zero attached hydrogens (tertiary/aromatic N) is 2. The van der Waals surface area contributed by atoms with Gasteiger partial charge < -0.3 is 15.5 Å². The fraction of sp³-hybridized carbons (Fsp3) is 0.933. The first-order valence-electron chi connectivity index (χ1n) is 7.82. The summed E-state index contributed by atoms with van der Waals surface area (Å²) in [5.74, 6) is 0.217. The second kappa shape index (κ2) is 8.54. The van der Waals surface area contributed by atoms with Gasteiger partial charge >= 0.3 is 0 Å². The molecule has 19 heavy (non-hydrogen) atoms. The highest BCUT2D eigenvalue weighted by molar-refractivity contribution is 5.76. The first-order chi connectivity index (χ1) is 9.08. The van der Waals surface area contributed by atoms with Crippen LogP contribution in [0, 0.1) is 0 Å². The van der Waals surface area contributed by atoms with E-state index in [1.807, 2.05) is 11.9 Å². The zero-order valence-electron chi connectivity index (χ0n) is 12.9. The molecule has 1 atom stereocenters. The molecule has 1 heterocycles. The molecule has 1 aliphatic rings. The van der Waals surface area contributed by atoms with E-state index in [9.17, 15) is 4.79 Å². The molecule has 2 N–H and O–H groups in total. The van der Waals surface area contributed by atoms with E-state index >= 15 is 0 Å². The van der Waals surface area contributed by atoms with Crippen LogP contribution in [-0.2, 0) is 4.79 Å². The van der Waals surface area contributed by atoms with Crippen molar-refractivity contribution in [2.24, 2.45) is 5.73 Å². The molecule has 0 aliphatic carbocycles. The van der Waals surface area contributed by atoms with Gasteiger partial charge in [-0.3, -0.25) is 4.79 Å². The molecular formula is C15H31N3O. The summed E-state index contributed by atoms with van der Waals surface area (Å²) >= 11 is 0. The van der Waals surface area contributed by atoms with Crippen molar-refractivity contribution in [1.29, 1.82) is 0 Å². The second-order valence-electron chi connectivity index (χ2n) is 5.83. The summed E-state index contributed by atoms with van der Waals surface area (Å²) in [4.78, 5) is 16.6. The number of amides is 1. The van der Waals surface area contributed by atoms with Gasteiger partial charge in [0.15, 0.2) is 0 Å². The Morgan fingerprint density at radius 3 is 2.47 bits per heavy atom. The lowest BCUT2D eigenvalue weighted by atomic mass is 10.0. The van der Waals surface area contributed by atoms with E-state index in [0.29, 0.717) is 12.5 Å². The fourth-order valence-corrected chi connectivity index (χ4v) is 2.89. The van der Waals surface area contributed by atoms with Crippen molar-refractivity contribution in [3.8, 4) is 0 Å². The minimum atomic E-state index is 0.0279. The van der Waals surface area contributed by atoms with Crippen molar-refractivity contribution < 1.29 is 4.79 Å². The number of nitrogens with two attached hydrogens (primary N) is 1. The lowest BCUT2D eigenvalue weighted by molar-refractivity contribution is -0.133. The summed E-state index contributed by atoms with van der Waals surface area (Å²) < 4.78 is 0. The number of carbonyl (C=O) groups is 1. The molecule has 112 valence electrons. The first-order valence-corrected chi connectivity index (χ1v) is 7.82. The summed E-state index contributed by atoms with van der Waals surface area (Å²) in [6.45, 7) is 7.76. The van der Waals surface area contributed by atoms with Crippen LogP contribution in [0.2, 0.25) is 0 Å². The van der Waals surface area contributed by atoms with E-state index in [-0.39, 0.29) is 11.9 Å². The molecule has 1 fully saturated rings. The third kappa shape index (κ3) is 5.49. The number of hydrogen-bond donors (Lipinski definition) is 1. The van der Waals surface area contributed by atoms with Crippen molar-refractivity contribution in [1.82, 2.24) is 9.80 Å². The molecule has 1 unspecified atom stereocenters. The summed E-state index contributed by atoms with van der Waals surface area (Å²) in [5.41, 5.74) is 5.96. The number of carbonyl (C=O) groups excluding carboxylic acids is 1. The zero-order valence-corrected chi connectivity index (χ0v) is 12.9. The minimum absolute atomic E-state index is 0.0279. The maximum atomic E-state index is 12.2. The van der Waals surface area contributed by atoms with Crippen LogP contribution in [-0.4, -0.2) is 54.5 Å². The Morgan fingerprint density at radius 1 is 1.32 bits per heavy atom. The quantitative estimate of drug-likeness (QED) is 0.767. The number of hydrogen-bond acceptors (Lipinski definition) is 3. The van der Waals surface area contributed by atoms with Gasteiger partial charge in [-0.25, -0.2) is 0 Å². The standard InChI is InChI=1S/C15H31N3O/c1-4-6-13(16)12-15(19)17(3)14-7-10-18(9-5-2)11-8-14/h13-14H,4-12,16H2,1-3H3. The van der Waals surface area contributed by atoms with Crippen molar-refractivity contribution in [2.75, 3.05) is 26.7 Å². The topological polar surface area (TPSA) is 49.6 Å². The molecule has 0 saturated carbocycles. The smallest absolute Gasteiger partial charge is 0.224 e. The highest BCUT2D eigenvalue weighted by Crippen LogP contribution is 2.17. The lowest BCUT2D eigenvalue weighted by Gasteiger charge is -2.37. The molecule has 0 aromatic heterocycles. The van der Waals surface area contributed by atoms with Crippen LogP contribution in [0.25, 0.3) is 0 Å². The average molecular weight is 269 g/mol. The molecule has 0 bridgehead atoms. The van der Waals surface area contributed by atoms with E-state index in [4.69, 9.17) is 5.73 Å². The SMILES string of the molecule is CCCC(N)CC(=O)N(C)C1CCN(CCC)CC1. The molecule has 4 heteroatoms. The molecule has 0 spiro atoms. The molecule has 1 rings (SSSR count). The van der Waals surface area contributed by atoms with Crippen LogP contribution in [0.3, 0.4) is 0 Å². The predicted molar refractivity (Wildman–Crippen MR) is 80.0 cm³/mol. The van der Waals surface area contributed by atoms with Gasteiger partial charge in [0.2, 0.25) is 5.91 Å². The highest BCUT2D eigenvalue weighted by Gasteiger charge is 2.25. The molecule has 4 nitrogen and oxygen atoms in total. The van der Waals surface area contributed by atoms with Crippen molar-refractivity contribution in [3.05, 3.63) is 0 Å². The van der Waals surface area contributed by atoms with Gasteiger partial charge in [-0.05, 0) is 32.2 Å². The van der Waals surface area contributed by atoms with E-state index in [1.165, 1.54) is 13.0 Å². The van der Waals surface area contributed by atoms with E-state index in [0.717, 1.165) is 38.8 Å². The summed E-state index contributed by atoms with van der Waals surface area (Å²) in [6.07, 6.45) is 5.91. The number of rotatable bonds is 7. The zero-order chi connectivity index (χ0) is 14.3. The van der Waals surface area contributed by atoms with Gasteiger partial charge in [-0.15, -0.1) is 0 Å². The summed E-state index contributed by atoms with van der Waals surface area (Å²) in [7, 11) is 1.95. The molecule has 0 radical (unpaired) electrons. The van der Waals surface area contributed by atoms with Gasteiger partial charge in [-0.2, -0.15) is 0 Å². The molecular weight excluding hydrogens is 238 g/mol. The fourth-order valence-electron chi connectivity index (χ4n) is 2.89. The Kier molecular flexibility index (Phi) is 7.39. The van der Waals surface area contributed by atoms with Crippen LogP contribution in [0.15, 0.2) is 0 Å². The van der Waals surface area contributed by atoms with E-state index in [2.05, 4.69) is 18.7 Å². The normalized spacial score (nSPS) is 19.4. The summed E-state index contributed by atoms with van der Waals surface area (Å²) in [6, 6.07) is 0.439. The Balaban J connectivity index is 2.33. The van der Waals surface area contributed by atoms with Crippen molar-refractivity contribution >= 4 is 5.91 Å². The van der Waals surface area contributed by atoms with Gasteiger partial charge in [-0.1, -0.05) is 20.3 Å². The second-order valence-corrected chi connectivity index (χ2v) is 5.83. The van der Waals surface area contributed by atoms with Gasteiger partial charge in [0.1, 0.15) is 0 Å². The van der Waals surface area contributed by atoms with Gasteiger partial charge in [0, 0.05) is 38.6 Å². The molecule has 1 amide bonds. The van der Waals surface area contributed by atoms with Crippen molar-refractivity contribution in [2.45, 2.75) is 64.5 Å². The van der Waals surface area contributed by atoms with Gasteiger partial charge in [0.05, 0.1) is 0 Å². The van der Waals surface area contributed by atoms with Crippen LogP contribution in [0.5, 0.6) is 0 Å². The van der Waals surface area contributed by atoms with Crippen LogP contribution in [0.4, 0.5) is 0 Å². The minimum Gasteiger partial charge on any atom is -0.343 e. The predicted octanol–water partition coefficient (Wildman–Crippen LogP) is 1.84. The Morgan fingerprint density at radius 2 is 1.95 bits per heavy atom. The van der Waals surface area contributed by atoms with Gasteiger partial charge in [0.25, 0.3) is 0 Å². The van der Waals surface area contributed by atoms with E-state index < -0.39 is 0 Å². The number of piperidine rings is 1. The highest BCUT2D eigenvalue weighted by atomic mass is 16.2. The monoisotopic (exact) mass is 269 g/mol. The van der Waals surface area contributed by atoms with Crippen LogP contribution in [0.1, 0.15) is 52.4 Å². The van der Waals surface area contributed by atoms with Crippen molar-refractivity contribution in [3.63, 3.8) is 0 Å². The maximum Gasteiger partial charge on any atom is 0.224 e. The van der Waals surface area contributed by atoms with Crippen LogP contribution >= 0.6 is 0 Å². The molecule has 1 aliphatic heterocycles. The summed E-state index contributed by atoms with van der Waals surface area (Å²) in [5, 5.41) is 0. The first kappa shape index (κ1) is 16.4. The maximum absolute atomic E-state index is 12.2. The largest absolute Gasteiger partial charge is 0.343 e. The number of likely N-dealkylation sites (tertiary alicyclic amines) is 1. The van der Waals surface area contributed by atoms with E-state index in [1.54, 1.807) is 0 Å². The Labute approximate surface area is 118 Å². The lowest BCUT2D eigenvalue weighted by Crippen LogP contribution is -2.46. The average Bonchev–Trinajstić information content (AvgIpc) is 2.39. The Hall–Kier alpha value is -0.610. The Bertz CT molecular complexity index is 262. The molecule has 0 aromatic rings. The molecule has 0 aromatic carbocycles. The molecule has 1 saturated heterocycles. The third-order valence-corrected chi connectivity index (χ3v) is 4.13.